The van der Waals surface area contributed by atoms with Gasteiger partial charge in [0, 0.05) is 19.6 Å². The number of nitrogens with zero attached hydrogens (tertiary/aromatic N) is 1. The van der Waals surface area contributed by atoms with Crippen LogP contribution < -0.4 is 14.8 Å². The van der Waals surface area contributed by atoms with Gasteiger partial charge in [-0.3, -0.25) is 4.79 Å². The molecule has 1 N–H and O–H groups in total. The number of rotatable bonds is 7. The van der Waals surface area contributed by atoms with Crippen LogP contribution in [0, 0.1) is 5.92 Å². The van der Waals surface area contributed by atoms with Crippen LogP contribution in [0.25, 0.3) is 0 Å². The van der Waals surface area contributed by atoms with E-state index in [1.165, 1.54) is 4.31 Å². The normalized spacial score (nSPS) is 17.5. The molecule has 1 unspecified atom stereocenters. The van der Waals surface area contributed by atoms with Crippen LogP contribution in [0.15, 0.2) is 53.4 Å². The highest BCUT2D eigenvalue weighted by molar-refractivity contribution is 7.89. The first-order valence-electron chi connectivity index (χ1n) is 9.49. The van der Waals surface area contributed by atoms with Crippen molar-refractivity contribution in [2.24, 2.45) is 5.92 Å². The zero-order chi connectivity index (χ0) is 20.9. The molecule has 1 amide bonds. The van der Waals surface area contributed by atoms with Gasteiger partial charge >= 0.3 is 0 Å². The van der Waals surface area contributed by atoms with E-state index in [9.17, 15) is 13.2 Å². The van der Waals surface area contributed by atoms with E-state index in [0.717, 1.165) is 5.56 Å². The van der Waals surface area contributed by atoms with Gasteiger partial charge < -0.3 is 14.8 Å². The summed E-state index contributed by atoms with van der Waals surface area (Å²) in [5, 5.41) is 2.91. The van der Waals surface area contributed by atoms with E-state index >= 15 is 0 Å². The Morgan fingerprint density at radius 2 is 1.83 bits per heavy atom. The smallest absolute Gasteiger partial charge is 0.243 e. The van der Waals surface area contributed by atoms with Gasteiger partial charge in [0.25, 0.3) is 0 Å². The minimum absolute atomic E-state index is 0.146. The summed E-state index contributed by atoms with van der Waals surface area (Å²) < 4.78 is 37.6. The van der Waals surface area contributed by atoms with Crippen LogP contribution in [0.3, 0.4) is 0 Å². The fraction of sp³-hybridized carbons (Fsp3) is 0.381. The number of benzene rings is 2. The van der Waals surface area contributed by atoms with Crippen LogP contribution in [0.5, 0.6) is 11.5 Å². The van der Waals surface area contributed by atoms with Gasteiger partial charge in [-0.15, -0.1) is 0 Å². The predicted molar refractivity (Wildman–Crippen MR) is 109 cm³/mol. The molecule has 1 heterocycles. The number of ether oxygens (including phenoxy) is 2. The summed E-state index contributed by atoms with van der Waals surface area (Å²) in [6, 6.07) is 13.8. The fourth-order valence-corrected chi connectivity index (χ4v) is 4.99. The van der Waals surface area contributed by atoms with E-state index in [1.54, 1.807) is 50.6 Å². The van der Waals surface area contributed by atoms with Crippen LogP contribution >= 0.6 is 0 Å². The van der Waals surface area contributed by atoms with E-state index in [1.807, 2.05) is 12.1 Å². The van der Waals surface area contributed by atoms with Crippen molar-refractivity contribution in [2.45, 2.75) is 24.3 Å². The molecule has 0 saturated carbocycles. The van der Waals surface area contributed by atoms with E-state index in [0.29, 0.717) is 37.4 Å². The molecule has 2 aromatic carbocycles. The van der Waals surface area contributed by atoms with Gasteiger partial charge in [-0.1, -0.05) is 24.3 Å². The first-order chi connectivity index (χ1) is 14.0. The lowest BCUT2D eigenvalue weighted by Gasteiger charge is -2.31. The van der Waals surface area contributed by atoms with Crippen LogP contribution in [-0.2, 0) is 21.4 Å². The number of hydrogen-bond donors (Lipinski definition) is 1. The van der Waals surface area contributed by atoms with Crippen molar-refractivity contribution in [1.82, 2.24) is 9.62 Å². The van der Waals surface area contributed by atoms with Gasteiger partial charge in [0.1, 0.15) is 0 Å². The van der Waals surface area contributed by atoms with Crippen molar-refractivity contribution in [2.75, 3.05) is 27.3 Å². The van der Waals surface area contributed by atoms with Gasteiger partial charge in [0.2, 0.25) is 15.9 Å². The monoisotopic (exact) mass is 418 g/mol. The lowest BCUT2D eigenvalue weighted by atomic mass is 9.98. The van der Waals surface area contributed by atoms with E-state index in [2.05, 4.69) is 5.32 Å². The number of methoxy groups -OCH3 is 2. The number of carbonyl (C=O) groups excluding carboxylic acids is 1. The zero-order valence-corrected chi connectivity index (χ0v) is 17.4. The van der Waals surface area contributed by atoms with Crippen molar-refractivity contribution in [3.05, 3.63) is 54.1 Å². The minimum Gasteiger partial charge on any atom is -0.493 e. The van der Waals surface area contributed by atoms with Crippen molar-refractivity contribution < 1.29 is 22.7 Å². The Morgan fingerprint density at radius 1 is 1.10 bits per heavy atom. The second kappa shape index (κ2) is 9.28. The average molecular weight is 419 g/mol. The highest BCUT2D eigenvalue weighted by atomic mass is 32.2. The summed E-state index contributed by atoms with van der Waals surface area (Å²) >= 11 is 0. The molecular formula is C21H26N2O5S. The summed E-state index contributed by atoms with van der Waals surface area (Å²) in [6.07, 6.45) is 1.32. The first kappa shape index (κ1) is 21.1. The number of carbonyl (C=O) groups is 1. The Bertz CT molecular complexity index is 947. The highest BCUT2D eigenvalue weighted by Crippen LogP contribution is 2.28. The van der Waals surface area contributed by atoms with E-state index in [4.69, 9.17) is 9.47 Å². The first-order valence-corrected chi connectivity index (χ1v) is 10.9. The maximum atomic E-state index is 12.8. The van der Waals surface area contributed by atoms with Crippen LogP contribution in [0.1, 0.15) is 18.4 Å². The molecule has 2 aromatic rings. The average Bonchev–Trinajstić information content (AvgIpc) is 2.77. The lowest BCUT2D eigenvalue weighted by Crippen LogP contribution is -2.45. The van der Waals surface area contributed by atoms with Gasteiger partial charge in [0.05, 0.1) is 25.0 Å². The molecule has 1 aliphatic heterocycles. The molecule has 0 aromatic heterocycles. The molecule has 3 rings (SSSR count). The molecule has 1 fully saturated rings. The maximum Gasteiger partial charge on any atom is 0.243 e. The maximum absolute atomic E-state index is 12.8. The van der Waals surface area contributed by atoms with Gasteiger partial charge in [-0.05, 0) is 42.7 Å². The molecule has 1 aliphatic rings. The highest BCUT2D eigenvalue weighted by Gasteiger charge is 2.33. The number of nitrogens with one attached hydrogen (secondary N) is 1. The second-order valence-corrected chi connectivity index (χ2v) is 8.86. The summed E-state index contributed by atoms with van der Waals surface area (Å²) in [7, 11) is -0.463. The van der Waals surface area contributed by atoms with Crippen molar-refractivity contribution in [3.8, 4) is 11.5 Å². The number of amides is 1. The summed E-state index contributed by atoms with van der Waals surface area (Å²) in [6.45, 7) is 0.951. The Morgan fingerprint density at radius 3 is 2.52 bits per heavy atom. The molecular weight excluding hydrogens is 392 g/mol. The number of piperidine rings is 1. The molecule has 156 valence electrons. The SMILES string of the molecule is COc1ccc(CNC(=O)C2CCCN(S(=O)(=O)c3ccccc3)C2)cc1OC. The predicted octanol–water partition coefficient (Wildman–Crippen LogP) is 2.42. The van der Waals surface area contributed by atoms with Gasteiger partial charge in [0.15, 0.2) is 11.5 Å². The fourth-order valence-electron chi connectivity index (χ4n) is 3.44. The lowest BCUT2D eigenvalue weighted by molar-refractivity contribution is -0.126. The Balaban J connectivity index is 1.63. The van der Waals surface area contributed by atoms with Gasteiger partial charge in [-0.2, -0.15) is 4.31 Å². The molecule has 0 spiro atoms. The van der Waals surface area contributed by atoms with Crippen LogP contribution in [-0.4, -0.2) is 45.9 Å². The standard InChI is InChI=1S/C21H26N2O5S/c1-27-19-11-10-16(13-20(19)28-2)14-22-21(24)17-7-6-12-23(15-17)29(25,26)18-8-4-3-5-9-18/h3-5,8-11,13,17H,6-7,12,14-15H2,1-2H3,(H,22,24). The Hall–Kier alpha value is -2.58. The topological polar surface area (TPSA) is 84.9 Å². The molecule has 8 heteroatoms. The Labute approximate surface area is 171 Å². The number of hydrogen-bond acceptors (Lipinski definition) is 5. The third kappa shape index (κ3) is 4.89. The van der Waals surface area contributed by atoms with Crippen molar-refractivity contribution in [1.29, 1.82) is 0 Å². The molecule has 1 saturated heterocycles. The van der Waals surface area contributed by atoms with Crippen molar-refractivity contribution >= 4 is 15.9 Å². The molecule has 0 radical (unpaired) electrons. The quantitative estimate of drug-likeness (QED) is 0.747. The summed E-state index contributed by atoms with van der Waals surface area (Å²) in [5.41, 5.74) is 0.876. The zero-order valence-electron chi connectivity index (χ0n) is 16.6. The van der Waals surface area contributed by atoms with E-state index in [-0.39, 0.29) is 23.3 Å². The second-order valence-electron chi connectivity index (χ2n) is 6.92. The summed E-state index contributed by atoms with van der Waals surface area (Å²) in [5.74, 6) is 0.698. The molecule has 7 nitrogen and oxygen atoms in total. The minimum atomic E-state index is -3.59. The van der Waals surface area contributed by atoms with Crippen LogP contribution in [0.2, 0.25) is 0 Å². The van der Waals surface area contributed by atoms with Crippen molar-refractivity contribution in [3.63, 3.8) is 0 Å². The molecule has 1 atom stereocenters. The Kier molecular flexibility index (Phi) is 6.76. The van der Waals surface area contributed by atoms with E-state index < -0.39 is 10.0 Å². The number of sulfonamides is 1. The van der Waals surface area contributed by atoms with Gasteiger partial charge in [-0.25, -0.2) is 8.42 Å². The molecule has 0 aliphatic carbocycles. The molecule has 0 bridgehead atoms. The third-order valence-electron chi connectivity index (χ3n) is 5.05. The summed E-state index contributed by atoms with van der Waals surface area (Å²) in [4.78, 5) is 12.9. The molecule has 29 heavy (non-hydrogen) atoms. The third-order valence-corrected chi connectivity index (χ3v) is 6.93. The van der Waals surface area contributed by atoms with Crippen LogP contribution in [0.4, 0.5) is 0 Å². The largest absolute Gasteiger partial charge is 0.493 e.